The first-order chi connectivity index (χ1) is 21.1. The van der Waals surface area contributed by atoms with E-state index in [1.54, 1.807) is 0 Å². The van der Waals surface area contributed by atoms with Crippen LogP contribution in [0.1, 0.15) is 59.3 Å². The summed E-state index contributed by atoms with van der Waals surface area (Å²) in [4.78, 5) is 16.7. The van der Waals surface area contributed by atoms with E-state index in [4.69, 9.17) is 18.9 Å². The summed E-state index contributed by atoms with van der Waals surface area (Å²) in [5, 5.41) is 0.861. The Hall–Kier alpha value is -3.46. The van der Waals surface area contributed by atoms with E-state index in [1.165, 1.54) is 11.3 Å². The van der Waals surface area contributed by atoms with Crippen molar-refractivity contribution in [3.8, 4) is 23.0 Å². The van der Waals surface area contributed by atoms with Gasteiger partial charge in [0.2, 0.25) is 5.78 Å². The Balaban J connectivity index is 1.18. The van der Waals surface area contributed by atoms with E-state index in [0.29, 0.717) is 35.0 Å². The fraction of sp³-hybridized carbons (Fsp3) is 0.400. The van der Waals surface area contributed by atoms with Crippen LogP contribution in [0.4, 0.5) is 4.39 Å². The molecule has 8 heteroatoms. The van der Waals surface area contributed by atoms with Gasteiger partial charge in [-0.1, -0.05) is 24.3 Å². The number of likely N-dealkylation sites (tertiary alicyclic amines) is 1. The summed E-state index contributed by atoms with van der Waals surface area (Å²) in [7, 11) is 0. The number of benzene rings is 3. The quantitative estimate of drug-likeness (QED) is 0.113. The lowest BCUT2D eigenvalue weighted by Crippen LogP contribution is -2.53. The minimum absolute atomic E-state index is 0.0634. The van der Waals surface area contributed by atoms with Crippen LogP contribution in [-0.2, 0) is 4.74 Å². The number of hydrogen-bond donors (Lipinski definition) is 0. The largest absolute Gasteiger partial charge is 0.488 e. The molecule has 0 aliphatic carbocycles. The van der Waals surface area contributed by atoms with Gasteiger partial charge in [-0.15, -0.1) is 11.3 Å². The van der Waals surface area contributed by atoms with Crippen LogP contribution in [0.5, 0.6) is 23.0 Å². The SMILES string of the molecule is Cc1ccccc1C(=O)c1sc2cc(OC3CCCCO3)ccc2c1Oc1ccc(OC2CN(CCCCCF)C2)cc1. The molecule has 0 N–H and O–H groups in total. The Labute approximate surface area is 256 Å². The van der Waals surface area contributed by atoms with Crippen LogP contribution in [0.15, 0.2) is 66.7 Å². The molecular formula is C35H38FNO5S. The Morgan fingerprint density at radius 2 is 1.74 bits per heavy atom. The molecule has 3 heterocycles. The normalized spacial score (nSPS) is 17.5. The number of carbonyl (C=O) groups is 1. The van der Waals surface area contributed by atoms with Gasteiger partial charge in [-0.25, -0.2) is 0 Å². The number of fused-ring (bicyclic) bond motifs is 1. The number of unbranched alkanes of at least 4 members (excludes halogenated alkanes) is 2. The van der Waals surface area contributed by atoms with Crippen LogP contribution >= 0.6 is 11.3 Å². The lowest BCUT2D eigenvalue weighted by Gasteiger charge is -2.39. The van der Waals surface area contributed by atoms with Crippen molar-refractivity contribution in [1.29, 1.82) is 0 Å². The van der Waals surface area contributed by atoms with E-state index >= 15 is 0 Å². The van der Waals surface area contributed by atoms with Crippen LogP contribution in [0.25, 0.3) is 10.1 Å². The van der Waals surface area contributed by atoms with Gasteiger partial charge in [-0.2, -0.15) is 0 Å². The lowest BCUT2D eigenvalue weighted by atomic mass is 10.0. The third-order valence-electron chi connectivity index (χ3n) is 8.00. The number of hydrogen-bond acceptors (Lipinski definition) is 7. The number of ether oxygens (including phenoxy) is 4. The smallest absolute Gasteiger partial charge is 0.207 e. The van der Waals surface area contributed by atoms with Gasteiger partial charge >= 0.3 is 0 Å². The van der Waals surface area contributed by atoms with Crippen molar-refractivity contribution in [2.75, 3.05) is 32.9 Å². The maximum Gasteiger partial charge on any atom is 0.207 e. The number of alkyl halides is 1. The van der Waals surface area contributed by atoms with Crippen molar-refractivity contribution in [3.63, 3.8) is 0 Å². The summed E-state index contributed by atoms with van der Waals surface area (Å²) >= 11 is 1.42. The predicted octanol–water partition coefficient (Wildman–Crippen LogP) is 8.34. The van der Waals surface area contributed by atoms with Gasteiger partial charge in [0.1, 0.15) is 28.2 Å². The summed E-state index contributed by atoms with van der Waals surface area (Å²) in [6.45, 7) is 5.20. The summed E-state index contributed by atoms with van der Waals surface area (Å²) in [5.41, 5.74) is 1.58. The molecular weight excluding hydrogens is 565 g/mol. The van der Waals surface area contributed by atoms with Crippen molar-refractivity contribution in [1.82, 2.24) is 4.90 Å². The average molecular weight is 604 g/mol. The number of nitrogens with zero attached hydrogens (tertiary/aromatic N) is 1. The summed E-state index contributed by atoms with van der Waals surface area (Å²) in [6, 6.07) is 21.1. The molecule has 4 aromatic rings. The molecule has 2 saturated heterocycles. The molecule has 2 aliphatic rings. The Morgan fingerprint density at radius 3 is 2.51 bits per heavy atom. The van der Waals surface area contributed by atoms with Gasteiger partial charge in [0, 0.05) is 35.2 Å². The van der Waals surface area contributed by atoms with Crippen molar-refractivity contribution < 1.29 is 28.1 Å². The van der Waals surface area contributed by atoms with Crippen LogP contribution in [-0.4, -0.2) is 56.0 Å². The van der Waals surface area contributed by atoms with Gasteiger partial charge < -0.3 is 18.9 Å². The first-order valence-corrected chi connectivity index (χ1v) is 16.1. The number of ketones is 1. The highest BCUT2D eigenvalue weighted by Gasteiger charge is 2.28. The number of rotatable bonds is 13. The molecule has 2 aliphatic heterocycles. The summed E-state index contributed by atoms with van der Waals surface area (Å²) < 4.78 is 37.7. The van der Waals surface area contributed by atoms with Crippen molar-refractivity contribution in [2.45, 2.75) is 57.8 Å². The van der Waals surface area contributed by atoms with E-state index in [1.807, 2.05) is 73.7 Å². The third kappa shape index (κ3) is 7.20. The van der Waals surface area contributed by atoms with Gasteiger partial charge in [-0.3, -0.25) is 14.1 Å². The molecule has 0 amide bonds. The number of halogens is 1. The Bertz CT molecular complexity index is 1530. The highest BCUT2D eigenvalue weighted by atomic mass is 32.1. The molecule has 1 aromatic heterocycles. The molecule has 6 nitrogen and oxygen atoms in total. The van der Waals surface area contributed by atoms with Crippen LogP contribution in [0.2, 0.25) is 0 Å². The standard InChI is InChI=1S/C35H38FNO5S/c1-24-9-3-4-10-29(24)33(38)35-34(30-17-16-27(21-31(30)43-35)41-32-11-5-8-20-39-32)42-26-14-12-25(13-15-26)40-28-22-37(23-28)19-7-2-6-18-36/h3-4,9-10,12-17,21,28,32H,2,5-8,11,18-20,22-23H2,1H3. The lowest BCUT2D eigenvalue weighted by molar-refractivity contribution is -0.105. The average Bonchev–Trinajstić information content (AvgIpc) is 3.36. The second-order valence-corrected chi connectivity index (χ2v) is 12.4. The molecule has 6 rings (SSSR count). The predicted molar refractivity (Wildman–Crippen MR) is 168 cm³/mol. The molecule has 226 valence electrons. The molecule has 2 fully saturated rings. The second-order valence-electron chi connectivity index (χ2n) is 11.3. The molecule has 0 radical (unpaired) electrons. The minimum Gasteiger partial charge on any atom is -0.488 e. The molecule has 3 aromatic carbocycles. The van der Waals surface area contributed by atoms with Crippen LogP contribution < -0.4 is 14.2 Å². The first kappa shape index (κ1) is 29.6. The van der Waals surface area contributed by atoms with Crippen molar-refractivity contribution >= 4 is 27.2 Å². The molecule has 43 heavy (non-hydrogen) atoms. The van der Waals surface area contributed by atoms with Gasteiger partial charge in [0.15, 0.2) is 12.0 Å². The Morgan fingerprint density at radius 1 is 0.953 bits per heavy atom. The van der Waals surface area contributed by atoms with E-state index in [9.17, 15) is 9.18 Å². The number of thiophene rings is 1. The van der Waals surface area contributed by atoms with Crippen molar-refractivity contribution in [2.24, 2.45) is 0 Å². The summed E-state index contributed by atoms with van der Waals surface area (Å²) in [5.74, 6) is 2.62. The van der Waals surface area contributed by atoms with Gasteiger partial charge in [0.25, 0.3) is 0 Å². The molecule has 0 spiro atoms. The molecule has 0 saturated carbocycles. The summed E-state index contributed by atoms with van der Waals surface area (Å²) in [6.07, 6.45) is 5.53. The fourth-order valence-electron chi connectivity index (χ4n) is 5.57. The van der Waals surface area contributed by atoms with Gasteiger partial charge in [-0.05, 0) is 93.6 Å². The topological polar surface area (TPSA) is 57.2 Å². The highest BCUT2D eigenvalue weighted by Crippen LogP contribution is 2.43. The zero-order valence-corrected chi connectivity index (χ0v) is 25.4. The van der Waals surface area contributed by atoms with Crippen LogP contribution in [0.3, 0.4) is 0 Å². The number of carbonyl (C=O) groups excluding carboxylic acids is 1. The highest BCUT2D eigenvalue weighted by molar-refractivity contribution is 7.21. The monoisotopic (exact) mass is 603 g/mol. The first-order valence-electron chi connectivity index (χ1n) is 15.3. The van der Waals surface area contributed by atoms with E-state index < -0.39 is 0 Å². The minimum atomic E-state index is -0.244. The number of aryl methyl sites for hydroxylation is 1. The maximum absolute atomic E-state index is 13.8. The van der Waals surface area contributed by atoms with Crippen molar-refractivity contribution in [3.05, 3.63) is 82.7 Å². The van der Waals surface area contributed by atoms with Gasteiger partial charge in [0.05, 0.1) is 13.3 Å². The fourth-order valence-corrected chi connectivity index (χ4v) is 6.68. The van der Waals surface area contributed by atoms with E-state index in [-0.39, 0.29) is 24.9 Å². The maximum atomic E-state index is 13.8. The third-order valence-corrected chi connectivity index (χ3v) is 9.13. The zero-order chi connectivity index (χ0) is 29.6. The van der Waals surface area contributed by atoms with E-state index in [2.05, 4.69) is 4.90 Å². The molecule has 1 unspecified atom stereocenters. The Kier molecular flexibility index (Phi) is 9.56. The van der Waals surface area contributed by atoms with E-state index in [0.717, 1.165) is 78.9 Å². The zero-order valence-electron chi connectivity index (χ0n) is 24.6. The van der Waals surface area contributed by atoms with Crippen LogP contribution in [0, 0.1) is 6.92 Å². The molecule has 1 atom stereocenters. The second kappa shape index (κ2) is 13.9. The molecule has 0 bridgehead atoms.